The van der Waals surface area contributed by atoms with Crippen LogP contribution in [0.25, 0.3) is 0 Å². The number of piperazine rings is 1. The monoisotopic (exact) mass is 386 g/mol. The second-order valence-electron chi connectivity index (χ2n) is 7.33. The van der Waals surface area contributed by atoms with Crippen molar-refractivity contribution >= 4 is 5.69 Å². The van der Waals surface area contributed by atoms with Gasteiger partial charge in [-0.15, -0.1) is 0 Å². The number of phenols is 1. The van der Waals surface area contributed by atoms with Gasteiger partial charge in [-0.2, -0.15) is 0 Å². The third-order valence-corrected chi connectivity index (χ3v) is 5.19. The van der Waals surface area contributed by atoms with Gasteiger partial charge in [-0.1, -0.05) is 12.1 Å². The van der Waals surface area contributed by atoms with Crippen molar-refractivity contribution in [3.8, 4) is 17.2 Å². The molecule has 1 heterocycles. The van der Waals surface area contributed by atoms with E-state index in [0.717, 1.165) is 48.7 Å². The molecule has 6 nitrogen and oxygen atoms in total. The topological polar surface area (TPSA) is 65.4 Å². The van der Waals surface area contributed by atoms with Gasteiger partial charge in [-0.3, -0.25) is 4.90 Å². The van der Waals surface area contributed by atoms with E-state index in [0.29, 0.717) is 12.3 Å². The summed E-state index contributed by atoms with van der Waals surface area (Å²) in [5, 5.41) is 20.1. The standard InChI is InChI=1S/C22H30N2O4/c1-16-13-22(17(2)12-20(16)26)28-15-18(25)14-23-8-10-24(11-9-23)19-6-4-5-7-21(19)27-3/h4-7,12-13,18,25-26H,8-11,14-15H2,1-3H3. The van der Waals surface area contributed by atoms with Crippen LogP contribution in [0.1, 0.15) is 11.1 Å². The van der Waals surface area contributed by atoms with Crippen molar-refractivity contribution in [2.75, 3.05) is 51.3 Å². The third-order valence-electron chi connectivity index (χ3n) is 5.19. The number of nitrogens with zero attached hydrogens (tertiary/aromatic N) is 2. The minimum absolute atomic E-state index is 0.234. The normalized spacial score (nSPS) is 16.1. The molecule has 1 aliphatic rings. The van der Waals surface area contributed by atoms with Gasteiger partial charge in [0.15, 0.2) is 0 Å². The maximum absolute atomic E-state index is 10.4. The number of ether oxygens (including phenoxy) is 2. The molecular formula is C22H30N2O4. The summed E-state index contributed by atoms with van der Waals surface area (Å²) in [6.45, 7) is 8.08. The molecule has 1 fully saturated rings. The highest BCUT2D eigenvalue weighted by atomic mass is 16.5. The van der Waals surface area contributed by atoms with Crippen LogP contribution >= 0.6 is 0 Å². The number of phenolic OH excluding ortho intramolecular Hbond substituents is 1. The highest BCUT2D eigenvalue weighted by Gasteiger charge is 2.21. The van der Waals surface area contributed by atoms with Crippen LogP contribution in [-0.4, -0.2) is 67.7 Å². The molecule has 2 N–H and O–H groups in total. The number of aryl methyl sites for hydroxylation is 2. The minimum atomic E-state index is -0.564. The molecule has 0 aliphatic carbocycles. The Kier molecular flexibility index (Phi) is 6.65. The number of aliphatic hydroxyl groups excluding tert-OH is 1. The first-order chi connectivity index (χ1) is 13.5. The Morgan fingerprint density at radius 1 is 1.00 bits per heavy atom. The van der Waals surface area contributed by atoms with E-state index in [4.69, 9.17) is 9.47 Å². The molecule has 3 rings (SSSR count). The van der Waals surface area contributed by atoms with E-state index < -0.39 is 6.10 Å². The Balaban J connectivity index is 1.47. The summed E-state index contributed by atoms with van der Waals surface area (Å²) in [4.78, 5) is 4.58. The zero-order chi connectivity index (χ0) is 20.1. The lowest BCUT2D eigenvalue weighted by molar-refractivity contribution is 0.0660. The number of β-amino-alcohol motifs (C(OH)–C–C–N with tert-alkyl or cyclic N) is 1. The summed E-state index contributed by atoms with van der Waals surface area (Å²) in [7, 11) is 1.70. The zero-order valence-electron chi connectivity index (χ0n) is 16.9. The molecule has 0 spiro atoms. The molecule has 2 aromatic rings. The van der Waals surface area contributed by atoms with E-state index in [-0.39, 0.29) is 12.4 Å². The average Bonchev–Trinajstić information content (AvgIpc) is 2.70. The number of rotatable bonds is 7. The fourth-order valence-electron chi connectivity index (χ4n) is 3.53. The van der Waals surface area contributed by atoms with Crippen LogP contribution in [-0.2, 0) is 0 Å². The lowest BCUT2D eigenvalue weighted by Gasteiger charge is -2.37. The molecule has 0 amide bonds. The number of benzene rings is 2. The molecule has 0 aromatic heterocycles. The second kappa shape index (κ2) is 9.17. The highest BCUT2D eigenvalue weighted by Crippen LogP contribution is 2.29. The maximum atomic E-state index is 10.4. The van der Waals surface area contributed by atoms with E-state index in [9.17, 15) is 10.2 Å². The van der Waals surface area contributed by atoms with E-state index in [2.05, 4.69) is 15.9 Å². The summed E-state index contributed by atoms with van der Waals surface area (Å²) in [5.41, 5.74) is 2.75. The zero-order valence-corrected chi connectivity index (χ0v) is 16.9. The first-order valence-corrected chi connectivity index (χ1v) is 9.69. The number of aromatic hydroxyl groups is 1. The van der Waals surface area contributed by atoms with E-state index in [1.807, 2.05) is 38.1 Å². The lowest BCUT2D eigenvalue weighted by atomic mass is 10.1. The van der Waals surface area contributed by atoms with E-state index in [1.165, 1.54) is 0 Å². The van der Waals surface area contributed by atoms with Gasteiger partial charge < -0.3 is 24.6 Å². The Hall–Kier alpha value is -2.44. The quantitative estimate of drug-likeness (QED) is 0.763. The number of anilines is 1. The maximum Gasteiger partial charge on any atom is 0.142 e. The van der Waals surface area contributed by atoms with Gasteiger partial charge >= 0.3 is 0 Å². The van der Waals surface area contributed by atoms with Crippen molar-refractivity contribution < 1.29 is 19.7 Å². The highest BCUT2D eigenvalue weighted by molar-refractivity contribution is 5.58. The van der Waals surface area contributed by atoms with Crippen LogP contribution in [0, 0.1) is 13.8 Å². The molecule has 28 heavy (non-hydrogen) atoms. The Morgan fingerprint density at radius 2 is 1.71 bits per heavy atom. The fraction of sp³-hybridized carbons (Fsp3) is 0.455. The fourth-order valence-corrected chi connectivity index (χ4v) is 3.53. The average molecular weight is 386 g/mol. The molecule has 1 aliphatic heterocycles. The smallest absolute Gasteiger partial charge is 0.142 e. The van der Waals surface area contributed by atoms with Gasteiger partial charge in [0.25, 0.3) is 0 Å². The summed E-state index contributed by atoms with van der Waals surface area (Å²) < 4.78 is 11.2. The Morgan fingerprint density at radius 3 is 2.43 bits per heavy atom. The number of hydrogen-bond acceptors (Lipinski definition) is 6. The molecule has 1 saturated heterocycles. The van der Waals surface area contributed by atoms with Crippen LogP contribution < -0.4 is 14.4 Å². The summed E-state index contributed by atoms with van der Waals surface area (Å²) in [5.74, 6) is 1.86. The predicted molar refractivity (Wildman–Crippen MR) is 111 cm³/mol. The number of aliphatic hydroxyl groups is 1. The summed E-state index contributed by atoms with van der Waals surface area (Å²) in [6, 6.07) is 11.6. The lowest BCUT2D eigenvalue weighted by Crippen LogP contribution is -2.49. The van der Waals surface area contributed by atoms with E-state index >= 15 is 0 Å². The van der Waals surface area contributed by atoms with Gasteiger partial charge in [0.1, 0.15) is 30.0 Å². The minimum Gasteiger partial charge on any atom is -0.508 e. The Labute approximate surface area is 166 Å². The molecular weight excluding hydrogens is 356 g/mol. The van der Waals surface area contributed by atoms with Gasteiger partial charge in [0.05, 0.1) is 12.8 Å². The van der Waals surface area contributed by atoms with Gasteiger partial charge in [0, 0.05) is 32.7 Å². The Bertz CT molecular complexity index is 788. The summed E-state index contributed by atoms with van der Waals surface area (Å²) >= 11 is 0. The molecule has 1 atom stereocenters. The van der Waals surface area contributed by atoms with Gasteiger partial charge in [0.2, 0.25) is 0 Å². The van der Waals surface area contributed by atoms with Gasteiger partial charge in [-0.25, -0.2) is 0 Å². The number of methoxy groups -OCH3 is 1. The van der Waals surface area contributed by atoms with Crippen LogP contribution in [0.3, 0.4) is 0 Å². The number of hydrogen-bond donors (Lipinski definition) is 2. The van der Waals surface area contributed by atoms with Crippen molar-refractivity contribution in [2.24, 2.45) is 0 Å². The molecule has 0 saturated carbocycles. The van der Waals surface area contributed by atoms with Crippen LogP contribution in [0.2, 0.25) is 0 Å². The third kappa shape index (κ3) is 4.88. The molecule has 0 radical (unpaired) electrons. The van der Waals surface area contributed by atoms with Crippen molar-refractivity contribution in [3.63, 3.8) is 0 Å². The summed E-state index contributed by atoms with van der Waals surface area (Å²) in [6.07, 6.45) is -0.564. The van der Waals surface area contributed by atoms with Crippen LogP contribution in [0.5, 0.6) is 17.2 Å². The van der Waals surface area contributed by atoms with Crippen LogP contribution in [0.4, 0.5) is 5.69 Å². The van der Waals surface area contributed by atoms with E-state index in [1.54, 1.807) is 13.2 Å². The predicted octanol–water partition coefficient (Wildman–Crippen LogP) is 2.58. The molecule has 152 valence electrons. The largest absolute Gasteiger partial charge is 0.508 e. The van der Waals surface area contributed by atoms with Crippen molar-refractivity contribution in [1.29, 1.82) is 0 Å². The number of para-hydroxylation sites is 2. The SMILES string of the molecule is COc1ccccc1N1CCN(CC(O)COc2cc(C)c(O)cc2C)CC1. The molecule has 1 unspecified atom stereocenters. The van der Waals surface area contributed by atoms with Crippen molar-refractivity contribution in [2.45, 2.75) is 20.0 Å². The second-order valence-corrected chi connectivity index (χ2v) is 7.33. The van der Waals surface area contributed by atoms with Crippen molar-refractivity contribution in [1.82, 2.24) is 4.90 Å². The molecule has 0 bridgehead atoms. The van der Waals surface area contributed by atoms with Crippen LogP contribution in [0.15, 0.2) is 36.4 Å². The molecule has 6 heteroatoms. The van der Waals surface area contributed by atoms with Gasteiger partial charge in [-0.05, 0) is 49.2 Å². The first kappa shape index (κ1) is 20.3. The van der Waals surface area contributed by atoms with Crippen molar-refractivity contribution in [3.05, 3.63) is 47.5 Å². The molecule has 2 aromatic carbocycles. The first-order valence-electron chi connectivity index (χ1n) is 9.69.